The van der Waals surface area contributed by atoms with Gasteiger partial charge in [0.25, 0.3) is 5.56 Å². The van der Waals surface area contributed by atoms with Gasteiger partial charge in [-0.3, -0.25) is 14.6 Å². The van der Waals surface area contributed by atoms with E-state index in [9.17, 15) is 9.59 Å². The summed E-state index contributed by atoms with van der Waals surface area (Å²) in [6, 6.07) is 6.71. The average molecular weight is 231 g/mol. The highest BCUT2D eigenvalue weighted by atomic mass is 16.4. The number of carboxylic acids is 1. The van der Waals surface area contributed by atoms with E-state index >= 15 is 0 Å². The van der Waals surface area contributed by atoms with Crippen molar-refractivity contribution in [2.75, 3.05) is 0 Å². The summed E-state index contributed by atoms with van der Waals surface area (Å²) >= 11 is 0. The van der Waals surface area contributed by atoms with E-state index in [0.29, 0.717) is 11.4 Å². The number of nitrogens with zero attached hydrogens (tertiary/aromatic N) is 2. The number of nitrogens with one attached hydrogen (secondary N) is 1. The number of pyridine rings is 1. The van der Waals surface area contributed by atoms with Gasteiger partial charge in [0, 0.05) is 11.8 Å². The van der Waals surface area contributed by atoms with E-state index in [4.69, 9.17) is 5.11 Å². The van der Waals surface area contributed by atoms with Crippen molar-refractivity contribution >= 4 is 5.97 Å². The van der Waals surface area contributed by atoms with Crippen LogP contribution in [0.25, 0.3) is 11.4 Å². The van der Waals surface area contributed by atoms with Crippen molar-refractivity contribution in [2.24, 2.45) is 0 Å². The van der Waals surface area contributed by atoms with Crippen LogP contribution in [0.5, 0.6) is 0 Å². The van der Waals surface area contributed by atoms with Gasteiger partial charge in [0.2, 0.25) is 0 Å². The third-order valence-electron chi connectivity index (χ3n) is 2.15. The van der Waals surface area contributed by atoms with E-state index in [1.165, 1.54) is 6.07 Å². The highest BCUT2D eigenvalue weighted by Crippen LogP contribution is 2.12. The first kappa shape index (κ1) is 11.0. The van der Waals surface area contributed by atoms with Gasteiger partial charge >= 0.3 is 5.97 Å². The van der Waals surface area contributed by atoms with E-state index in [1.807, 2.05) is 0 Å². The molecule has 86 valence electrons. The van der Waals surface area contributed by atoms with Crippen molar-refractivity contribution in [3.8, 4) is 11.4 Å². The van der Waals surface area contributed by atoms with E-state index in [1.54, 1.807) is 24.4 Å². The molecule has 0 atom stereocenters. The van der Waals surface area contributed by atoms with Gasteiger partial charge in [-0.15, -0.1) is 0 Å². The highest BCUT2D eigenvalue weighted by Gasteiger charge is 2.09. The number of carboxylic acid groups (broad SMARTS) is 1. The van der Waals surface area contributed by atoms with Gasteiger partial charge < -0.3 is 5.11 Å². The number of aromatic nitrogens is 3. The van der Waals surface area contributed by atoms with Gasteiger partial charge in [0.1, 0.15) is 5.69 Å². The maximum atomic E-state index is 11.3. The topological polar surface area (TPSA) is 95.9 Å². The Bertz CT molecular complexity index is 592. The smallest absolute Gasteiger partial charge is 0.308 e. The number of carbonyl (C=O) groups is 1. The van der Waals surface area contributed by atoms with Crippen LogP contribution in [0.2, 0.25) is 0 Å². The Morgan fingerprint density at radius 2 is 2.18 bits per heavy atom. The predicted octanol–water partition coefficient (Wildman–Crippen LogP) is 0.459. The third-order valence-corrected chi connectivity index (χ3v) is 2.15. The van der Waals surface area contributed by atoms with Gasteiger partial charge in [-0.05, 0) is 18.2 Å². The van der Waals surface area contributed by atoms with Crippen LogP contribution in [0, 0.1) is 0 Å². The molecular formula is C11H9N3O3. The molecule has 2 aromatic rings. The minimum Gasteiger partial charge on any atom is -0.481 e. The molecule has 17 heavy (non-hydrogen) atoms. The SMILES string of the molecule is O=C(O)Cc1cc(-c2ccccn2)n[nH]c1=O. The predicted molar refractivity (Wildman–Crippen MR) is 59.4 cm³/mol. The molecule has 0 amide bonds. The second-order valence-electron chi connectivity index (χ2n) is 3.39. The highest BCUT2D eigenvalue weighted by molar-refractivity contribution is 5.70. The fourth-order valence-corrected chi connectivity index (χ4v) is 1.39. The first-order valence-electron chi connectivity index (χ1n) is 4.88. The molecule has 6 nitrogen and oxygen atoms in total. The molecule has 0 aliphatic carbocycles. The molecule has 0 radical (unpaired) electrons. The fraction of sp³-hybridized carbons (Fsp3) is 0.0909. The van der Waals surface area contributed by atoms with Crippen LogP contribution >= 0.6 is 0 Å². The van der Waals surface area contributed by atoms with Crippen LogP contribution in [0.4, 0.5) is 0 Å². The monoisotopic (exact) mass is 231 g/mol. The summed E-state index contributed by atoms with van der Waals surface area (Å²) < 4.78 is 0. The Hall–Kier alpha value is -2.50. The molecule has 0 aliphatic rings. The van der Waals surface area contributed by atoms with E-state index in [0.717, 1.165) is 0 Å². The van der Waals surface area contributed by atoms with Crippen LogP contribution in [-0.2, 0) is 11.2 Å². The molecule has 0 unspecified atom stereocenters. The van der Waals surface area contributed by atoms with Gasteiger partial charge in [-0.2, -0.15) is 5.10 Å². The van der Waals surface area contributed by atoms with Gasteiger partial charge in [-0.1, -0.05) is 6.07 Å². The van der Waals surface area contributed by atoms with Crippen molar-refractivity contribution in [1.29, 1.82) is 0 Å². The molecule has 6 heteroatoms. The second-order valence-corrected chi connectivity index (χ2v) is 3.39. The molecule has 2 N–H and O–H groups in total. The minimum absolute atomic E-state index is 0.160. The lowest BCUT2D eigenvalue weighted by Crippen LogP contribution is -2.17. The zero-order valence-corrected chi connectivity index (χ0v) is 8.75. The lowest BCUT2D eigenvalue weighted by Gasteiger charge is -2.00. The third kappa shape index (κ3) is 2.54. The van der Waals surface area contributed by atoms with Crippen LogP contribution in [-0.4, -0.2) is 26.3 Å². The molecule has 2 heterocycles. The van der Waals surface area contributed by atoms with Crippen LogP contribution in [0.3, 0.4) is 0 Å². The first-order valence-corrected chi connectivity index (χ1v) is 4.88. The summed E-state index contributed by atoms with van der Waals surface area (Å²) in [6.45, 7) is 0. The molecule has 2 aromatic heterocycles. The summed E-state index contributed by atoms with van der Waals surface area (Å²) in [7, 11) is 0. The first-order chi connectivity index (χ1) is 8.16. The van der Waals surface area contributed by atoms with E-state index in [-0.39, 0.29) is 12.0 Å². The summed E-state index contributed by atoms with van der Waals surface area (Å²) in [5.74, 6) is -1.06. The van der Waals surface area contributed by atoms with Crippen LogP contribution in [0.1, 0.15) is 5.56 Å². The molecule has 0 saturated heterocycles. The molecule has 0 saturated carbocycles. The van der Waals surface area contributed by atoms with Crippen molar-refractivity contribution in [2.45, 2.75) is 6.42 Å². The van der Waals surface area contributed by atoms with Crippen molar-refractivity contribution < 1.29 is 9.90 Å². The molecule has 0 aromatic carbocycles. The number of hydrogen-bond donors (Lipinski definition) is 2. The normalized spacial score (nSPS) is 10.1. The number of aliphatic carboxylic acids is 1. The molecule has 0 fully saturated rings. The standard InChI is InChI=1S/C11H9N3O3/c15-10(16)6-7-5-9(13-14-11(7)17)8-3-1-2-4-12-8/h1-5H,6H2,(H,14,17)(H,15,16). The number of H-pyrrole nitrogens is 1. The molecule has 2 rings (SSSR count). The maximum Gasteiger partial charge on any atom is 0.308 e. The Morgan fingerprint density at radius 1 is 1.35 bits per heavy atom. The van der Waals surface area contributed by atoms with Gasteiger partial charge in [0.15, 0.2) is 0 Å². The molecule has 0 aliphatic heterocycles. The fourth-order valence-electron chi connectivity index (χ4n) is 1.39. The Balaban J connectivity index is 2.44. The number of aromatic amines is 1. The summed E-state index contributed by atoms with van der Waals surface area (Å²) in [5.41, 5.74) is 0.692. The quantitative estimate of drug-likeness (QED) is 0.799. The number of hydrogen-bond acceptors (Lipinski definition) is 4. The summed E-state index contributed by atoms with van der Waals surface area (Å²) in [4.78, 5) is 26.0. The molecular weight excluding hydrogens is 222 g/mol. The zero-order valence-electron chi connectivity index (χ0n) is 8.75. The largest absolute Gasteiger partial charge is 0.481 e. The van der Waals surface area contributed by atoms with E-state index < -0.39 is 11.5 Å². The van der Waals surface area contributed by atoms with Crippen LogP contribution < -0.4 is 5.56 Å². The lowest BCUT2D eigenvalue weighted by molar-refractivity contribution is -0.136. The van der Waals surface area contributed by atoms with Crippen molar-refractivity contribution in [1.82, 2.24) is 15.2 Å². The van der Waals surface area contributed by atoms with Crippen LogP contribution in [0.15, 0.2) is 35.3 Å². The van der Waals surface area contributed by atoms with E-state index in [2.05, 4.69) is 15.2 Å². The minimum atomic E-state index is -1.06. The Morgan fingerprint density at radius 3 is 2.82 bits per heavy atom. The average Bonchev–Trinajstić information content (AvgIpc) is 2.32. The summed E-state index contributed by atoms with van der Waals surface area (Å²) in [6.07, 6.45) is 1.26. The second kappa shape index (κ2) is 4.56. The van der Waals surface area contributed by atoms with Gasteiger partial charge in [0.05, 0.1) is 12.1 Å². The van der Waals surface area contributed by atoms with Crippen molar-refractivity contribution in [3.05, 3.63) is 46.4 Å². The Labute approximate surface area is 96.0 Å². The summed E-state index contributed by atoms with van der Waals surface area (Å²) in [5, 5.41) is 14.8. The molecule has 0 bridgehead atoms. The Kier molecular flexibility index (Phi) is 2.95. The lowest BCUT2D eigenvalue weighted by atomic mass is 10.1. The zero-order chi connectivity index (χ0) is 12.3. The number of rotatable bonds is 3. The van der Waals surface area contributed by atoms with Crippen molar-refractivity contribution in [3.63, 3.8) is 0 Å². The molecule has 0 spiro atoms. The van der Waals surface area contributed by atoms with Gasteiger partial charge in [-0.25, -0.2) is 5.10 Å². The maximum absolute atomic E-state index is 11.3.